The molecule has 0 fully saturated rings. The molecule has 0 unspecified atom stereocenters. The van der Waals surface area contributed by atoms with Gasteiger partial charge in [-0.25, -0.2) is 0 Å². The summed E-state index contributed by atoms with van der Waals surface area (Å²) in [5, 5.41) is 0. The Labute approximate surface area is 86.9 Å². The monoisotopic (exact) mass is 189 g/mol. The van der Waals surface area contributed by atoms with Crippen molar-refractivity contribution in [2.24, 2.45) is 0 Å². The lowest BCUT2D eigenvalue weighted by molar-refractivity contribution is 0.588. The molecule has 0 aliphatic carbocycles. The first kappa shape index (κ1) is 11.0. The normalized spacial score (nSPS) is 11.4. The molecule has 76 valence electrons. The van der Waals surface area contributed by atoms with Crippen LogP contribution >= 0.6 is 0 Å². The summed E-state index contributed by atoms with van der Waals surface area (Å²) >= 11 is 0. The molecule has 1 aromatic rings. The van der Waals surface area contributed by atoms with Crippen LogP contribution in [0.3, 0.4) is 0 Å². The van der Waals surface area contributed by atoms with Crippen LogP contribution in [0.25, 0.3) is 0 Å². The molecule has 0 spiro atoms. The van der Waals surface area contributed by atoms with E-state index in [-0.39, 0.29) is 5.41 Å². The molecule has 1 heterocycles. The zero-order valence-electron chi connectivity index (χ0n) is 9.38. The van der Waals surface area contributed by atoms with Gasteiger partial charge in [0.15, 0.2) is 0 Å². The van der Waals surface area contributed by atoms with Crippen LogP contribution in [0.4, 0.5) is 0 Å². The highest BCUT2D eigenvalue weighted by Gasteiger charge is 2.23. The Morgan fingerprint density at radius 2 is 2.21 bits per heavy atom. The largest absolute Gasteiger partial charge is 0.264 e. The van der Waals surface area contributed by atoms with Gasteiger partial charge in [-0.05, 0) is 18.1 Å². The maximum absolute atomic E-state index is 4.16. The maximum Gasteiger partial charge on any atom is 0.0308 e. The molecule has 0 aliphatic rings. The van der Waals surface area contributed by atoms with Crippen LogP contribution < -0.4 is 0 Å². The second-order valence-electron chi connectivity index (χ2n) is 4.22. The van der Waals surface area contributed by atoms with Crippen molar-refractivity contribution in [2.45, 2.75) is 39.0 Å². The number of allylic oxidation sites excluding steroid dienone is 1. The Hall–Kier alpha value is -1.11. The topological polar surface area (TPSA) is 12.9 Å². The van der Waals surface area contributed by atoms with Crippen molar-refractivity contribution in [1.82, 2.24) is 4.98 Å². The number of nitrogens with zero attached hydrogens (tertiary/aromatic N) is 1. The molecule has 0 radical (unpaired) electrons. The summed E-state index contributed by atoms with van der Waals surface area (Å²) in [7, 11) is 0. The van der Waals surface area contributed by atoms with Gasteiger partial charge >= 0.3 is 0 Å². The first-order valence-electron chi connectivity index (χ1n) is 5.17. The summed E-state index contributed by atoms with van der Waals surface area (Å²) in [6.07, 6.45) is 5.98. The number of hydrogen-bond acceptors (Lipinski definition) is 1. The molecule has 0 N–H and O–H groups in total. The van der Waals surface area contributed by atoms with Crippen LogP contribution in [-0.4, -0.2) is 4.98 Å². The fourth-order valence-electron chi connectivity index (χ4n) is 1.55. The van der Waals surface area contributed by atoms with Crippen LogP contribution in [-0.2, 0) is 5.41 Å². The van der Waals surface area contributed by atoms with Gasteiger partial charge in [0.25, 0.3) is 0 Å². The zero-order chi connectivity index (χ0) is 10.6. The van der Waals surface area contributed by atoms with E-state index in [9.17, 15) is 0 Å². The number of rotatable bonds is 4. The average molecular weight is 189 g/mol. The third-order valence-electron chi connectivity index (χ3n) is 2.82. The summed E-state index contributed by atoms with van der Waals surface area (Å²) in [6, 6.07) is 4.10. The highest BCUT2D eigenvalue weighted by atomic mass is 14.6. The smallest absolute Gasteiger partial charge is 0.0308 e. The van der Waals surface area contributed by atoms with Gasteiger partial charge in [0.2, 0.25) is 0 Å². The summed E-state index contributed by atoms with van der Waals surface area (Å²) in [4.78, 5) is 4.15. The second kappa shape index (κ2) is 4.41. The molecule has 1 nitrogen and oxygen atoms in total. The van der Waals surface area contributed by atoms with Gasteiger partial charge in [-0.2, -0.15) is 0 Å². The Morgan fingerprint density at radius 1 is 1.50 bits per heavy atom. The molecule has 1 heteroatoms. The van der Waals surface area contributed by atoms with E-state index in [0.29, 0.717) is 0 Å². The minimum absolute atomic E-state index is 0.0459. The van der Waals surface area contributed by atoms with Crippen molar-refractivity contribution in [3.05, 3.63) is 42.2 Å². The van der Waals surface area contributed by atoms with E-state index in [2.05, 4.69) is 38.4 Å². The van der Waals surface area contributed by atoms with Gasteiger partial charge in [0, 0.05) is 17.8 Å². The summed E-state index contributed by atoms with van der Waals surface area (Å²) in [5.41, 5.74) is 2.58. The molecule has 14 heavy (non-hydrogen) atoms. The van der Waals surface area contributed by atoms with Gasteiger partial charge in [-0.15, -0.1) is 0 Å². The van der Waals surface area contributed by atoms with Crippen molar-refractivity contribution >= 4 is 0 Å². The van der Waals surface area contributed by atoms with Crippen LogP contribution in [0.2, 0.25) is 0 Å². The van der Waals surface area contributed by atoms with Crippen LogP contribution in [0, 0.1) is 0 Å². The molecule has 0 saturated carbocycles. The predicted octanol–water partition coefficient (Wildman–Crippen LogP) is 3.72. The van der Waals surface area contributed by atoms with Gasteiger partial charge in [0.05, 0.1) is 0 Å². The Morgan fingerprint density at radius 3 is 2.71 bits per heavy atom. The third kappa shape index (κ3) is 2.22. The van der Waals surface area contributed by atoms with Crippen molar-refractivity contribution in [3.63, 3.8) is 0 Å². The van der Waals surface area contributed by atoms with E-state index < -0.39 is 0 Å². The van der Waals surface area contributed by atoms with Crippen molar-refractivity contribution in [1.29, 1.82) is 0 Å². The van der Waals surface area contributed by atoms with E-state index in [1.165, 1.54) is 11.1 Å². The van der Waals surface area contributed by atoms with Crippen LogP contribution in [0.1, 0.15) is 39.2 Å². The molecular formula is C13H19N. The van der Waals surface area contributed by atoms with Crippen LogP contribution in [0.15, 0.2) is 36.7 Å². The van der Waals surface area contributed by atoms with Gasteiger partial charge in [-0.1, -0.05) is 45.4 Å². The van der Waals surface area contributed by atoms with E-state index in [0.717, 1.165) is 12.8 Å². The first-order chi connectivity index (χ1) is 6.59. The van der Waals surface area contributed by atoms with Gasteiger partial charge in [-0.3, -0.25) is 4.98 Å². The van der Waals surface area contributed by atoms with Gasteiger partial charge < -0.3 is 0 Å². The average Bonchev–Trinajstić information content (AvgIpc) is 2.19. The highest BCUT2D eigenvalue weighted by molar-refractivity contribution is 5.30. The molecule has 0 aromatic carbocycles. The molecule has 0 saturated heterocycles. The first-order valence-corrected chi connectivity index (χ1v) is 5.17. The molecular weight excluding hydrogens is 170 g/mol. The molecule has 1 aromatic heterocycles. The van der Waals surface area contributed by atoms with E-state index in [1.54, 1.807) is 0 Å². The maximum atomic E-state index is 4.16. The lowest BCUT2D eigenvalue weighted by Crippen LogP contribution is -2.19. The van der Waals surface area contributed by atoms with Crippen LogP contribution in [0.5, 0.6) is 0 Å². The lowest BCUT2D eigenvalue weighted by atomic mass is 9.77. The lowest BCUT2D eigenvalue weighted by Gasteiger charge is -2.27. The minimum atomic E-state index is 0.0459. The molecule has 0 atom stereocenters. The Kier molecular flexibility index (Phi) is 3.45. The molecule has 0 amide bonds. The quantitative estimate of drug-likeness (QED) is 0.658. The standard InChI is InChI=1S/C13H19N/c1-5-7-11(2)13(3,4)12-8-6-9-14-10-12/h6,8-10H,2,5,7H2,1,3-4H3. The van der Waals surface area contributed by atoms with Crippen molar-refractivity contribution < 1.29 is 0 Å². The van der Waals surface area contributed by atoms with Crippen molar-refractivity contribution in [3.8, 4) is 0 Å². The van der Waals surface area contributed by atoms with E-state index in [4.69, 9.17) is 0 Å². The van der Waals surface area contributed by atoms with E-state index in [1.807, 2.05) is 18.5 Å². The summed E-state index contributed by atoms with van der Waals surface area (Å²) in [5.74, 6) is 0. The Balaban J connectivity index is 2.90. The third-order valence-corrected chi connectivity index (χ3v) is 2.82. The van der Waals surface area contributed by atoms with E-state index >= 15 is 0 Å². The SMILES string of the molecule is C=C(CCC)C(C)(C)c1cccnc1. The number of pyridine rings is 1. The molecule has 0 bridgehead atoms. The summed E-state index contributed by atoms with van der Waals surface area (Å²) < 4.78 is 0. The number of hydrogen-bond donors (Lipinski definition) is 0. The predicted molar refractivity (Wildman–Crippen MR) is 61.3 cm³/mol. The molecule has 0 aliphatic heterocycles. The second-order valence-corrected chi connectivity index (χ2v) is 4.22. The summed E-state index contributed by atoms with van der Waals surface area (Å²) in [6.45, 7) is 10.8. The molecule has 1 rings (SSSR count). The zero-order valence-corrected chi connectivity index (χ0v) is 9.38. The highest BCUT2D eigenvalue weighted by Crippen LogP contribution is 2.32. The Bertz CT molecular complexity index is 298. The van der Waals surface area contributed by atoms with Crippen molar-refractivity contribution in [2.75, 3.05) is 0 Å². The van der Waals surface area contributed by atoms with Gasteiger partial charge in [0.1, 0.15) is 0 Å². The minimum Gasteiger partial charge on any atom is -0.264 e. The fourth-order valence-corrected chi connectivity index (χ4v) is 1.55. The number of aromatic nitrogens is 1. The fraction of sp³-hybridized carbons (Fsp3) is 0.462.